The molecule has 0 amide bonds. The molecular formula is C34H50S. The van der Waals surface area contributed by atoms with E-state index >= 15 is 0 Å². The Labute approximate surface area is 221 Å². The molecule has 2 saturated carbocycles. The molecule has 0 unspecified atom stereocenters. The van der Waals surface area contributed by atoms with E-state index in [9.17, 15) is 0 Å². The second-order valence-electron chi connectivity index (χ2n) is 12.4. The van der Waals surface area contributed by atoms with Crippen LogP contribution >= 0.6 is 11.8 Å². The lowest BCUT2D eigenvalue weighted by atomic mass is 9.72. The van der Waals surface area contributed by atoms with Gasteiger partial charge >= 0.3 is 0 Å². The third-order valence-corrected chi connectivity index (χ3v) is 9.59. The predicted molar refractivity (Wildman–Crippen MR) is 158 cm³/mol. The van der Waals surface area contributed by atoms with Crippen LogP contribution in [0.4, 0.5) is 0 Å². The van der Waals surface area contributed by atoms with Gasteiger partial charge in [0.2, 0.25) is 0 Å². The molecular weight excluding hydrogens is 440 g/mol. The van der Waals surface area contributed by atoms with Crippen LogP contribution in [0.15, 0.2) is 29.2 Å². The van der Waals surface area contributed by atoms with Crippen LogP contribution in [0, 0.1) is 0 Å². The van der Waals surface area contributed by atoms with E-state index in [0.717, 1.165) is 11.8 Å². The molecule has 1 heteroatoms. The minimum Gasteiger partial charge on any atom is -0.130 e. The summed E-state index contributed by atoms with van der Waals surface area (Å²) in [5.41, 5.74) is 11.4. The molecule has 0 N–H and O–H groups in total. The third-order valence-electron chi connectivity index (χ3n) is 8.88. The largest absolute Gasteiger partial charge is 0.130 e. The molecule has 0 spiro atoms. The molecule has 0 radical (unpaired) electrons. The normalized spacial score (nSPS) is 18.2. The fourth-order valence-electron chi connectivity index (χ4n) is 6.78. The minimum atomic E-state index is 0.528. The molecule has 4 rings (SSSR count). The van der Waals surface area contributed by atoms with Gasteiger partial charge in [-0.1, -0.05) is 92.2 Å². The van der Waals surface area contributed by atoms with E-state index in [4.69, 9.17) is 0 Å². The standard InChI is InChI=1S/C34H50S/c1-22(2)27-18-29(23(3)4)33(30(19-27)24(5)6)34-31(25-14-10-8-11-15-25)20-28(35-7)21-32(34)26-16-12-9-13-17-26/h18-26H,8-17H2,1-7H3. The highest BCUT2D eigenvalue weighted by Crippen LogP contribution is 2.50. The second-order valence-corrected chi connectivity index (χ2v) is 13.3. The summed E-state index contributed by atoms with van der Waals surface area (Å²) in [5.74, 6) is 3.06. The highest BCUT2D eigenvalue weighted by Gasteiger charge is 2.30. The van der Waals surface area contributed by atoms with Crippen LogP contribution in [0.3, 0.4) is 0 Å². The fraction of sp³-hybridized carbons (Fsp3) is 0.647. The predicted octanol–water partition coefficient (Wildman–Crippen LogP) is 11.5. The van der Waals surface area contributed by atoms with Crippen molar-refractivity contribution in [3.05, 3.63) is 52.1 Å². The van der Waals surface area contributed by atoms with Crippen LogP contribution < -0.4 is 0 Å². The van der Waals surface area contributed by atoms with Gasteiger partial charge in [-0.2, -0.15) is 0 Å². The molecule has 2 aliphatic rings. The van der Waals surface area contributed by atoms with E-state index in [1.807, 2.05) is 11.8 Å². The first kappa shape index (κ1) is 26.8. The van der Waals surface area contributed by atoms with E-state index < -0.39 is 0 Å². The van der Waals surface area contributed by atoms with Gasteiger partial charge in [0.1, 0.15) is 0 Å². The maximum atomic E-state index is 2.62. The van der Waals surface area contributed by atoms with Crippen LogP contribution in [0.5, 0.6) is 0 Å². The molecule has 2 aromatic rings. The summed E-state index contributed by atoms with van der Waals surface area (Å²) in [7, 11) is 0. The van der Waals surface area contributed by atoms with Crippen molar-refractivity contribution in [3.63, 3.8) is 0 Å². The van der Waals surface area contributed by atoms with Gasteiger partial charge in [-0.15, -0.1) is 11.8 Å². The highest BCUT2D eigenvalue weighted by atomic mass is 32.2. The molecule has 2 aliphatic carbocycles. The van der Waals surface area contributed by atoms with Crippen molar-refractivity contribution in [1.29, 1.82) is 0 Å². The van der Waals surface area contributed by atoms with Gasteiger partial charge < -0.3 is 0 Å². The summed E-state index contributed by atoms with van der Waals surface area (Å²) in [5, 5.41) is 0. The van der Waals surface area contributed by atoms with Crippen molar-refractivity contribution in [2.75, 3.05) is 6.26 Å². The van der Waals surface area contributed by atoms with Crippen LogP contribution in [-0.2, 0) is 0 Å². The van der Waals surface area contributed by atoms with Crippen LogP contribution in [0.25, 0.3) is 11.1 Å². The van der Waals surface area contributed by atoms with Crippen LogP contribution in [-0.4, -0.2) is 6.26 Å². The molecule has 0 nitrogen and oxygen atoms in total. The van der Waals surface area contributed by atoms with Gasteiger partial charge in [0.05, 0.1) is 0 Å². The first-order valence-corrected chi connectivity index (χ1v) is 15.9. The number of hydrogen-bond donors (Lipinski definition) is 0. The number of benzene rings is 2. The second kappa shape index (κ2) is 11.9. The minimum absolute atomic E-state index is 0.528. The molecule has 0 aliphatic heterocycles. The van der Waals surface area contributed by atoms with Crippen molar-refractivity contribution in [2.45, 2.75) is 140 Å². The van der Waals surface area contributed by atoms with Crippen molar-refractivity contribution >= 4 is 11.8 Å². The zero-order valence-corrected chi connectivity index (χ0v) is 24.5. The Hall–Kier alpha value is -1.21. The Balaban J connectivity index is 2.07. The van der Waals surface area contributed by atoms with Crippen molar-refractivity contribution in [2.24, 2.45) is 0 Å². The molecule has 0 saturated heterocycles. The van der Waals surface area contributed by atoms with Crippen molar-refractivity contribution < 1.29 is 0 Å². The van der Waals surface area contributed by atoms with E-state index in [2.05, 4.69) is 72.1 Å². The van der Waals surface area contributed by atoms with E-state index in [1.165, 1.54) is 74.7 Å². The molecule has 192 valence electrons. The van der Waals surface area contributed by atoms with Gasteiger partial charge in [-0.05, 0) is 113 Å². The SMILES string of the molecule is CSc1cc(C2CCCCC2)c(-c2c(C(C)C)cc(C(C)C)cc2C(C)C)c(C2CCCCC2)c1. The molecule has 35 heavy (non-hydrogen) atoms. The van der Waals surface area contributed by atoms with Crippen LogP contribution in [0.2, 0.25) is 0 Å². The summed E-state index contributed by atoms with van der Waals surface area (Å²) < 4.78 is 0. The summed E-state index contributed by atoms with van der Waals surface area (Å²) >= 11 is 1.96. The summed E-state index contributed by atoms with van der Waals surface area (Å²) in [6.45, 7) is 14.4. The lowest BCUT2D eigenvalue weighted by Crippen LogP contribution is -2.14. The average Bonchev–Trinajstić information content (AvgIpc) is 2.88. The Morgan fingerprint density at radius 3 is 1.34 bits per heavy atom. The first-order chi connectivity index (χ1) is 16.8. The summed E-state index contributed by atoms with van der Waals surface area (Å²) in [4.78, 5) is 1.49. The molecule has 0 atom stereocenters. The first-order valence-electron chi connectivity index (χ1n) is 14.7. The topological polar surface area (TPSA) is 0 Å². The average molecular weight is 491 g/mol. The van der Waals surface area contributed by atoms with Gasteiger partial charge in [0.15, 0.2) is 0 Å². The zero-order valence-electron chi connectivity index (χ0n) is 23.7. The Morgan fingerprint density at radius 1 is 0.571 bits per heavy atom. The quantitative estimate of drug-likeness (QED) is 0.348. The molecule has 0 aromatic heterocycles. The summed E-state index contributed by atoms with van der Waals surface area (Å²) in [6.07, 6.45) is 16.2. The van der Waals surface area contributed by atoms with E-state index in [1.54, 1.807) is 33.4 Å². The van der Waals surface area contributed by atoms with Gasteiger partial charge in [-0.25, -0.2) is 0 Å². The van der Waals surface area contributed by atoms with Gasteiger partial charge in [0, 0.05) is 4.90 Å². The van der Waals surface area contributed by atoms with Crippen molar-refractivity contribution in [3.8, 4) is 11.1 Å². The highest BCUT2D eigenvalue weighted by molar-refractivity contribution is 7.98. The molecule has 2 aromatic carbocycles. The Bertz CT molecular complexity index is 916. The fourth-order valence-corrected chi connectivity index (χ4v) is 7.27. The van der Waals surface area contributed by atoms with Crippen molar-refractivity contribution in [1.82, 2.24) is 0 Å². The lowest BCUT2D eigenvalue weighted by Gasteiger charge is -2.33. The summed E-state index contributed by atoms with van der Waals surface area (Å²) in [6, 6.07) is 10.4. The zero-order chi connectivity index (χ0) is 25.1. The smallest absolute Gasteiger partial charge is 0.00752 e. The lowest BCUT2D eigenvalue weighted by molar-refractivity contribution is 0.436. The number of hydrogen-bond acceptors (Lipinski definition) is 1. The van der Waals surface area contributed by atoms with Gasteiger partial charge in [-0.3, -0.25) is 0 Å². The number of thioether (sulfide) groups is 1. The van der Waals surface area contributed by atoms with E-state index in [0.29, 0.717) is 17.8 Å². The monoisotopic (exact) mass is 490 g/mol. The Morgan fingerprint density at radius 2 is 1.00 bits per heavy atom. The molecule has 0 heterocycles. The van der Waals surface area contributed by atoms with Gasteiger partial charge in [0.25, 0.3) is 0 Å². The molecule has 0 bridgehead atoms. The number of rotatable bonds is 7. The Kier molecular flexibility index (Phi) is 9.12. The maximum absolute atomic E-state index is 2.62. The van der Waals surface area contributed by atoms with E-state index in [-0.39, 0.29) is 0 Å². The molecule has 2 fully saturated rings. The third kappa shape index (κ3) is 5.87. The van der Waals surface area contributed by atoms with Crippen LogP contribution in [0.1, 0.15) is 163 Å². The maximum Gasteiger partial charge on any atom is 0.00752 e.